The summed E-state index contributed by atoms with van der Waals surface area (Å²) in [6.45, 7) is 4.62. The summed E-state index contributed by atoms with van der Waals surface area (Å²) in [6.07, 6.45) is 7.92. The molecule has 1 fully saturated rings. The van der Waals surface area contributed by atoms with Crippen LogP contribution in [0.15, 0.2) is 12.4 Å². The molecule has 1 aromatic rings. The molecule has 0 spiro atoms. The monoisotopic (exact) mass is 193 g/mol. The maximum Gasteiger partial charge on any atom is 0.0521 e. The zero-order valence-electron chi connectivity index (χ0n) is 9.08. The van der Waals surface area contributed by atoms with E-state index in [4.69, 9.17) is 0 Å². The average molecular weight is 193 g/mol. The molecule has 0 amide bonds. The van der Waals surface area contributed by atoms with Crippen molar-refractivity contribution in [2.45, 2.75) is 26.2 Å². The fraction of sp³-hybridized carbons (Fsp3) is 0.727. The van der Waals surface area contributed by atoms with E-state index in [1.807, 2.05) is 17.9 Å². The van der Waals surface area contributed by atoms with Crippen molar-refractivity contribution >= 4 is 0 Å². The van der Waals surface area contributed by atoms with Gasteiger partial charge >= 0.3 is 0 Å². The Labute approximate surface area is 85.5 Å². The van der Waals surface area contributed by atoms with E-state index in [0.717, 1.165) is 0 Å². The van der Waals surface area contributed by atoms with Gasteiger partial charge in [0.1, 0.15) is 0 Å². The maximum atomic E-state index is 4.22. The third-order valence-electron chi connectivity index (χ3n) is 3.12. The molecular weight excluding hydrogens is 174 g/mol. The number of hydrogen-bond acceptors (Lipinski definition) is 2. The molecule has 0 atom stereocenters. The minimum Gasteiger partial charge on any atom is -0.316 e. The molecule has 0 unspecified atom stereocenters. The second-order valence-electron chi connectivity index (χ2n) is 4.55. The highest BCUT2D eigenvalue weighted by Crippen LogP contribution is 2.32. The second kappa shape index (κ2) is 3.73. The van der Waals surface area contributed by atoms with Gasteiger partial charge in [-0.05, 0) is 23.8 Å². The van der Waals surface area contributed by atoms with Crippen LogP contribution in [0.3, 0.4) is 0 Å². The molecule has 78 valence electrons. The van der Waals surface area contributed by atoms with Gasteiger partial charge in [0.25, 0.3) is 0 Å². The summed E-state index contributed by atoms with van der Waals surface area (Å²) in [6, 6.07) is 0. The van der Waals surface area contributed by atoms with E-state index in [2.05, 4.69) is 23.5 Å². The zero-order valence-corrected chi connectivity index (χ0v) is 9.08. The van der Waals surface area contributed by atoms with Crippen LogP contribution in [0.1, 0.15) is 25.3 Å². The van der Waals surface area contributed by atoms with Gasteiger partial charge in [0.2, 0.25) is 0 Å². The Morgan fingerprint density at radius 3 is 2.79 bits per heavy atom. The van der Waals surface area contributed by atoms with Gasteiger partial charge in [-0.2, -0.15) is 5.10 Å². The first kappa shape index (κ1) is 9.71. The second-order valence-corrected chi connectivity index (χ2v) is 4.55. The van der Waals surface area contributed by atoms with Gasteiger partial charge in [-0.1, -0.05) is 13.3 Å². The van der Waals surface area contributed by atoms with Crippen molar-refractivity contribution in [2.75, 3.05) is 13.1 Å². The molecule has 3 heteroatoms. The van der Waals surface area contributed by atoms with Crippen molar-refractivity contribution in [3.63, 3.8) is 0 Å². The molecule has 0 aromatic carbocycles. The number of aromatic nitrogens is 2. The molecule has 0 aliphatic carbocycles. The van der Waals surface area contributed by atoms with E-state index in [-0.39, 0.29) is 0 Å². The van der Waals surface area contributed by atoms with Crippen LogP contribution in [0.2, 0.25) is 0 Å². The van der Waals surface area contributed by atoms with Gasteiger partial charge in [0, 0.05) is 26.3 Å². The van der Waals surface area contributed by atoms with E-state index in [9.17, 15) is 0 Å². The molecule has 1 aliphatic heterocycles. The molecule has 0 radical (unpaired) electrons. The highest BCUT2D eigenvalue weighted by atomic mass is 15.2. The molecule has 1 aliphatic rings. The average Bonchev–Trinajstić information content (AvgIpc) is 2.48. The predicted octanol–water partition coefficient (Wildman–Crippen LogP) is 1.35. The topological polar surface area (TPSA) is 29.9 Å². The van der Waals surface area contributed by atoms with Crippen molar-refractivity contribution in [1.82, 2.24) is 15.1 Å². The van der Waals surface area contributed by atoms with Gasteiger partial charge in [0.05, 0.1) is 6.20 Å². The van der Waals surface area contributed by atoms with Crippen molar-refractivity contribution in [2.24, 2.45) is 12.5 Å². The molecule has 2 rings (SSSR count). The highest BCUT2D eigenvalue weighted by Gasteiger charge is 2.35. The van der Waals surface area contributed by atoms with Crippen LogP contribution in [-0.4, -0.2) is 22.9 Å². The zero-order chi connectivity index (χ0) is 10.0. The molecule has 1 aromatic heterocycles. The van der Waals surface area contributed by atoms with Gasteiger partial charge in [-0.15, -0.1) is 0 Å². The molecule has 2 heterocycles. The Morgan fingerprint density at radius 1 is 1.57 bits per heavy atom. The lowest BCUT2D eigenvalue weighted by Crippen LogP contribution is -2.54. The number of nitrogens with zero attached hydrogens (tertiary/aromatic N) is 2. The van der Waals surface area contributed by atoms with E-state index in [1.165, 1.54) is 37.9 Å². The SMILES string of the molecule is CCCC1(Cc2cnn(C)c2)CNC1. The van der Waals surface area contributed by atoms with Crippen LogP contribution in [0.25, 0.3) is 0 Å². The Balaban J connectivity index is 2.01. The lowest BCUT2D eigenvalue weighted by Gasteiger charge is -2.42. The smallest absolute Gasteiger partial charge is 0.0521 e. The minimum absolute atomic E-state index is 0.526. The fourth-order valence-corrected chi connectivity index (χ4v) is 2.40. The maximum absolute atomic E-state index is 4.22. The van der Waals surface area contributed by atoms with Crippen LogP contribution < -0.4 is 5.32 Å². The largest absolute Gasteiger partial charge is 0.316 e. The summed E-state index contributed by atoms with van der Waals surface area (Å²) in [5.41, 5.74) is 1.90. The Morgan fingerprint density at radius 2 is 2.36 bits per heavy atom. The molecule has 1 saturated heterocycles. The van der Waals surface area contributed by atoms with Crippen molar-refractivity contribution in [3.05, 3.63) is 18.0 Å². The van der Waals surface area contributed by atoms with Gasteiger partial charge < -0.3 is 5.32 Å². The third-order valence-corrected chi connectivity index (χ3v) is 3.12. The van der Waals surface area contributed by atoms with Gasteiger partial charge in [0.15, 0.2) is 0 Å². The highest BCUT2D eigenvalue weighted by molar-refractivity contribution is 5.10. The van der Waals surface area contributed by atoms with Crippen LogP contribution in [0, 0.1) is 5.41 Å². The van der Waals surface area contributed by atoms with E-state index in [0.29, 0.717) is 5.41 Å². The fourth-order valence-electron chi connectivity index (χ4n) is 2.40. The third kappa shape index (κ3) is 1.82. The Hall–Kier alpha value is -0.830. The molecule has 14 heavy (non-hydrogen) atoms. The lowest BCUT2D eigenvalue weighted by molar-refractivity contribution is 0.151. The number of aryl methyl sites for hydroxylation is 1. The summed E-state index contributed by atoms with van der Waals surface area (Å²) in [4.78, 5) is 0. The molecule has 0 bridgehead atoms. The molecule has 1 N–H and O–H groups in total. The first-order valence-electron chi connectivity index (χ1n) is 5.42. The lowest BCUT2D eigenvalue weighted by atomic mass is 9.73. The van der Waals surface area contributed by atoms with E-state index < -0.39 is 0 Å². The number of nitrogens with one attached hydrogen (secondary N) is 1. The predicted molar refractivity (Wildman–Crippen MR) is 57.1 cm³/mol. The summed E-state index contributed by atoms with van der Waals surface area (Å²) in [7, 11) is 1.98. The van der Waals surface area contributed by atoms with E-state index >= 15 is 0 Å². The van der Waals surface area contributed by atoms with Crippen LogP contribution >= 0.6 is 0 Å². The van der Waals surface area contributed by atoms with Crippen LogP contribution in [0.5, 0.6) is 0 Å². The first-order chi connectivity index (χ1) is 6.74. The van der Waals surface area contributed by atoms with Crippen molar-refractivity contribution in [3.8, 4) is 0 Å². The Kier molecular flexibility index (Phi) is 2.59. The van der Waals surface area contributed by atoms with Crippen LogP contribution in [0.4, 0.5) is 0 Å². The number of rotatable bonds is 4. The molecule has 3 nitrogen and oxygen atoms in total. The summed E-state index contributed by atoms with van der Waals surface area (Å²) in [5.74, 6) is 0. The molecular formula is C11H19N3. The number of hydrogen-bond donors (Lipinski definition) is 1. The first-order valence-corrected chi connectivity index (χ1v) is 5.42. The molecule has 0 saturated carbocycles. The normalized spacial score (nSPS) is 19.3. The van der Waals surface area contributed by atoms with Gasteiger partial charge in [-0.25, -0.2) is 0 Å². The minimum atomic E-state index is 0.526. The summed E-state index contributed by atoms with van der Waals surface area (Å²) < 4.78 is 1.89. The van der Waals surface area contributed by atoms with E-state index in [1.54, 1.807) is 0 Å². The quantitative estimate of drug-likeness (QED) is 0.782. The Bertz CT molecular complexity index is 299. The van der Waals surface area contributed by atoms with Crippen molar-refractivity contribution < 1.29 is 0 Å². The van der Waals surface area contributed by atoms with Crippen molar-refractivity contribution in [1.29, 1.82) is 0 Å². The van der Waals surface area contributed by atoms with Crippen LogP contribution in [-0.2, 0) is 13.5 Å². The standard InChI is InChI=1S/C11H19N3/c1-3-4-11(8-12-9-11)5-10-6-13-14(2)7-10/h6-7,12H,3-5,8-9H2,1-2H3. The van der Waals surface area contributed by atoms with Gasteiger partial charge in [-0.3, -0.25) is 4.68 Å². The summed E-state index contributed by atoms with van der Waals surface area (Å²) >= 11 is 0. The summed E-state index contributed by atoms with van der Waals surface area (Å²) in [5, 5.41) is 7.60.